The summed E-state index contributed by atoms with van der Waals surface area (Å²) < 4.78 is 1.55. The minimum Gasteiger partial charge on any atom is -0.311 e. The van der Waals surface area contributed by atoms with Gasteiger partial charge in [0.15, 0.2) is 0 Å². The van der Waals surface area contributed by atoms with E-state index < -0.39 is 0 Å². The molecule has 3 heterocycles. The van der Waals surface area contributed by atoms with Gasteiger partial charge in [0.2, 0.25) is 0 Å². The molecule has 0 atom stereocenters. The summed E-state index contributed by atoms with van der Waals surface area (Å²) in [6.07, 6.45) is 4.99. The van der Waals surface area contributed by atoms with Gasteiger partial charge in [-0.25, -0.2) is 0 Å². The smallest absolute Gasteiger partial charge is 0.262 e. The molecule has 1 aromatic heterocycles. The molecular weight excluding hydrogens is 752 g/mol. The number of nitrogens with zero attached hydrogens (tertiary/aromatic N) is 2. The quantitative estimate of drug-likeness (QED) is 0.164. The van der Waals surface area contributed by atoms with Gasteiger partial charge in [0.1, 0.15) is 0 Å². The SMILES string of the molecule is CC(C)(C)c1ccc(N(c2ccc3c(c2)N(c2cccc4ccccc24)c2cc(C(C)(C)C)cc4c2B3c2sc3c(c2S4)CCCC3)c2cccc3ccccc23)cc1. The standard InChI is InChI=1S/C54H49BN2S2/c1-53(2,3)36-25-27-38(28-26-36)56(44-22-13-17-34-15-7-9-19-40(34)44)39-29-30-43-46(33-39)57(45-23-14-18-35-16-8-10-20-41(35)45)47-31-37(54(4,5)6)32-49-50(47)55(43)52-51(58-49)42-21-11-12-24-48(42)59-52/h7-10,13-20,22-23,25-33H,11-12,21,24H2,1-6H3. The molecule has 3 aliphatic rings. The number of thiophene rings is 1. The van der Waals surface area contributed by atoms with E-state index in [-0.39, 0.29) is 17.5 Å². The number of hydrogen-bond acceptors (Lipinski definition) is 4. The normalized spacial score (nSPS) is 14.5. The molecule has 59 heavy (non-hydrogen) atoms. The maximum Gasteiger partial charge on any atom is 0.262 e. The fourth-order valence-corrected chi connectivity index (χ4v) is 12.9. The van der Waals surface area contributed by atoms with Crippen molar-refractivity contribution < 1.29 is 0 Å². The minimum absolute atomic E-state index is 0.0210. The van der Waals surface area contributed by atoms with E-state index >= 15 is 0 Å². The molecule has 0 fully saturated rings. The third-order valence-corrected chi connectivity index (χ3v) is 15.7. The van der Waals surface area contributed by atoms with Gasteiger partial charge in [-0.3, -0.25) is 0 Å². The molecule has 1 aliphatic carbocycles. The topological polar surface area (TPSA) is 6.48 Å². The molecule has 11 rings (SSSR count). The van der Waals surface area contributed by atoms with Crippen LogP contribution in [-0.4, -0.2) is 6.71 Å². The Kier molecular flexibility index (Phi) is 8.52. The van der Waals surface area contributed by atoms with E-state index in [0.29, 0.717) is 0 Å². The summed E-state index contributed by atoms with van der Waals surface area (Å²) >= 11 is 4.17. The largest absolute Gasteiger partial charge is 0.311 e. The number of rotatable bonds is 4. The van der Waals surface area contributed by atoms with Crippen molar-refractivity contribution in [3.63, 3.8) is 0 Å². The zero-order valence-electron chi connectivity index (χ0n) is 34.9. The Bertz CT molecular complexity index is 2950. The first-order valence-corrected chi connectivity index (χ1v) is 23.0. The molecule has 0 amide bonds. The lowest BCUT2D eigenvalue weighted by Crippen LogP contribution is -2.59. The molecule has 5 heteroatoms. The van der Waals surface area contributed by atoms with Gasteiger partial charge in [-0.05, 0) is 128 Å². The lowest BCUT2D eigenvalue weighted by Gasteiger charge is -2.41. The first kappa shape index (κ1) is 36.8. The van der Waals surface area contributed by atoms with Crippen LogP contribution in [0.25, 0.3) is 21.5 Å². The van der Waals surface area contributed by atoms with Crippen LogP contribution in [-0.2, 0) is 23.7 Å². The van der Waals surface area contributed by atoms with Gasteiger partial charge in [0.25, 0.3) is 6.71 Å². The molecule has 0 N–H and O–H groups in total. The highest BCUT2D eigenvalue weighted by Gasteiger charge is 2.44. The van der Waals surface area contributed by atoms with Crippen LogP contribution in [0, 0.1) is 0 Å². The number of aryl methyl sites for hydroxylation is 1. The van der Waals surface area contributed by atoms with E-state index in [1.165, 1.54) is 96.9 Å². The number of hydrogen-bond donors (Lipinski definition) is 0. The Morgan fingerprint density at radius 2 is 1.24 bits per heavy atom. The van der Waals surface area contributed by atoms with Crippen LogP contribution in [0.1, 0.15) is 76.0 Å². The van der Waals surface area contributed by atoms with E-state index in [9.17, 15) is 0 Å². The third kappa shape index (κ3) is 5.99. The number of benzene rings is 7. The maximum absolute atomic E-state index is 2.63. The molecule has 7 aromatic carbocycles. The molecule has 2 aliphatic heterocycles. The summed E-state index contributed by atoms with van der Waals surface area (Å²) in [5.74, 6) is 0. The molecule has 0 saturated heterocycles. The third-order valence-electron chi connectivity index (χ3n) is 13.0. The highest BCUT2D eigenvalue weighted by Crippen LogP contribution is 2.50. The maximum atomic E-state index is 2.63. The summed E-state index contributed by atoms with van der Waals surface area (Å²) in [5, 5.41) is 4.99. The molecule has 0 spiro atoms. The Balaban J connectivity index is 1.22. The van der Waals surface area contributed by atoms with Gasteiger partial charge in [-0.1, -0.05) is 144 Å². The zero-order valence-corrected chi connectivity index (χ0v) is 36.5. The monoisotopic (exact) mass is 800 g/mol. The Morgan fingerprint density at radius 3 is 2.00 bits per heavy atom. The summed E-state index contributed by atoms with van der Waals surface area (Å²) in [7, 11) is 0. The number of fused-ring (bicyclic) bond motifs is 8. The van der Waals surface area contributed by atoms with E-state index in [1.807, 2.05) is 0 Å². The van der Waals surface area contributed by atoms with Gasteiger partial charge in [-0.15, -0.1) is 0 Å². The lowest BCUT2D eigenvalue weighted by atomic mass is 9.37. The fourth-order valence-electron chi connectivity index (χ4n) is 9.84. The van der Waals surface area contributed by atoms with Crippen LogP contribution >= 0.6 is 23.1 Å². The Morgan fingerprint density at radius 1 is 0.576 bits per heavy atom. The molecule has 0 saturated carbocycles. The van der Waals surface area contributed by atoms with Gasteiger partial charge in [0, 0.05) is 48.2 Å². The van der Waals surface area contributed by atoms with E-state index in [2.05, 4.69) is 214 Å². The highest BCUT2D eigenvalue weighted by atomic mass is 32.2. The van der Waals surface area contributed by atoms with Crippen LogP contribution in [0.4, 0.5) is 34.1 Å². The second-order valence-corrected chi connectivity index (χ2v) is 21.0. The van der Waals surface area contributed by atoms with E-state index in [1.54, 1.807) is 20.1 Å². The molecule has 0 unspecified atom stereocenters. The second kappa shape index (κ2) is 13.7. The van der Waals surface area contributed by atoms with Crippen LogP contribution in [0.15, 0.2) is 149 Å². The lowest BCUT2D eigenvalue weighted by molar-refractivity contribution is 0.589. The minimum atomic E-state index is -0.0210. The van der Waals surface area contributed by atoms with Gasteiger partial charge in [0.05, 0.1) is 11.4 Å². The molecule has 0 bridgehead atoms. The predicted octanol–water partition coefficient (Wildman–Crippen LogP) is 13.8. The molecule has 2 nitrogen and oxygen atoms in total. The predicted molar refractivity (Wildman–Crippen MR) is 258 cm³/mol. The van der Waals surface area contributed by atoms with Crippen LogP contribution in [0.3, 0.4) is 0 Å². The molecular formula is C54H49BN2S2. The average molecular weight is 801 g/mol. The van der Waals surface area contributed by atoms with Crippen molar-refractivity contribution in [1.29, 1.82) is 0 Å². The summed E-state index contributed by atoms with van der Waals surface area (Å²) in [6.45, 7) is 14.2. The molecule has 290 valence electrons. The first-order chi connectivity index (χ1) is 28.5. The van der Waals surface area contributed by atoms with Crippen LogP contribution in [0.5, 0.6) is 0 Å². The molecule has 0 radical (unpaired) electrons. The summed E-state index contributed by atoms with van der Waals surface area (Å²) in [4.78, 5) is 9.72. The van der Waals surface area contributed by atoms with Crippen molar-refractivity contribution in [2.24, 2.45) is 0 Å². The average Bonchev–Trinajstić information content (AvgIpc) is 3.61. The first-order valence-electron chi connectivity index (χ1n) is 21.3. The van der Waals surface area contributed by atoms with Crippen molar-refractivity contribution in [2.75, 3.05) is 9.80 Å². The van der Waals surface area contributed by atoms with Crippen molar-refractivity contribution in [3.05, 3.63) is 161 Å². The summed E-state index contributed by atoms with van der Waals surface area (Å²) in [6, 6.07) is 53.1. The fraction of sp³-hybridized carbons (Fsp3) is 0.222. The van der Waals surface area contributed by atoms with E-state index in [0.717, 1.165) is 11.4 Å². The van der Waals surface area contributed by atoms with Crippen molar-refractivity contribution in [3.8, 4) is 0 Å². The zero-order chi connectivity index (χ0) is 40.2. The highest BCUT2D eigenvalue weighted by molar-refractivity contribution is 8.00. The van der Waals surface area contributed by atoms with Crippen molar-refractivity contribution in [2.45, 2.75) is 87.8 Å². The Hall–Kier alpha value is -5.23. The van der Waals surface area contributed by atoms with Crippen LogP contribution < -0.4 is 25.5 Å². The summed E-state index contributed by atoms with van der Waals surface area (Å²) in [5.41, 5.74) is 14.5. The Labute approximate surface area is 358 Å². The van der Waals surface area contributed by atoms with Gasteiger partial charge >= 0.3 is 0 Å². The van der Waals surface area contributed by atoms with Crippen molar-refractivity contribution >= 4 is 101 Å². The molecule has 8 aromatic rings. The second-order valence-electron chi connectivity index (χ2n) is 18.8. The van der Waals surface area contributed by atoms with Gasteiger partial charge < -0.3 is 9.80 Å². The van der Waals surface area contributed by atoms with Gasteiger partial charge in [-0.2, -0.15) is 11.3 Å². The van der Waals surface area contributed by atoms with Crippen molar-refractivity contribution in [1.82, 2.24) is 0 Å². The number of anilines is 6. The van der Waals surface area contributed by atoms with Crippen LogP contribution in [0.2, 0.25) is 0 Å². The van der Waals surface area contributed by atoms with E-state index in [4.69, 9.17) is 0 Å².